The summed E-state index contributed by atoms with van der Waals surface area (Å²) < 4.78 is 44.7. The SMILES string of the molecule is Cc1c(Sc2cccc(C(F)(F)F)c2)n(COCCO)c(=O)[nH]c1=O. The summed E-state index contributed by atoms with van der Waals surface area (Å²) in [5, 5.41) is 8.91. The predicted octanol–water partition coefficient (Wildman–Crippen LogP) is 1.98. The summed E-state index contributed by atoms with van der Waals surface area (Å²) in [7, 11) is 0. The van der Waals surface area contributed by atoms with Crippen LogP contribution in [0.1, 0.15) is 11.1 Å². The van der Waals surface area contributed by atoms with E-state index < -0.39 is 23.0 Å². The van der Waals surface area contributed by atoms with Gasteiger partial charge in [-0.15, -0.1) is 0 Å². The largest absolute Gasteiger partial charge is 0.416 e. The van der Waals surface area contributed by atoms with Gasteiger partial charge in [-0.2, -0.15) is 13.2 Å². The Morgan fingerprint density at radius 3 is 2.68 bits per heavy atom. The highest BCUT2D eigenvalue weighted by Crippen LogP contribution is 2.34. The number of benzene rings is 1. The molecule has 0 aliphatic heterocycles. The highest BCUT2D eigenvalue weighted by Gasteiger charge is 2.30. The average molecular weight is 376 g/mol. The van der Waals surface area contributed by atoms with Crippen molar-refractivity contribution in [2.24, 2.45) is 0 Å². The molecule has 2 rings (SSSR count). The van der Waals surface area contributed by atoms with Gasteiger partial charge >= 0.3 is 11.9 Å². The van der Waals surface area contributed by atoms with Gasteiger partial charge in [0.2, 0.25) is 0 Å². The van der Waals surface area contributed by atoms with Crippen LogP contribution in [0, 0.1) is 6.92 Å². The van der Waals surface area contributed by atoms with Crippen molar-refractivity contribution in [3.05, 3.63) is 56.2 Å². The maximum atomic E-state index is 12.8. The first-order chi connectivity index (χ1) is 11.7. The zero-order valence-electron chi connectivity index (χ0n) is 13.1. The second-order valence-corrected chi connectivity index (χ2v) is 6.07. The molecule has 25 heavy (non-hydrogen) atoms. The van der Waals surface area contributed by atoms with Crippen LogP contribution in [0.5, 0.6) is 0 Å². The minimum absolute atomic E-state index is 0.0295. The quantitative estimate of drug-likeness (QED) is 0.595. The average Bonchev–Trinajstić information content (AvgIpc) is 2.54. The molecule has 0 spiro atoms. The third-order valence-electron chi connectivity index (χ3n) is 3.20. The van der Waals surface area contributed by atoms with E-state index in [4.69, 9.17) is 9.84 Å². The van der Waals surface area contributed by atoms with Crippen molar-refractivity contribution < 1.29 is 23.0 Å². The molecule has 0 unspecified atom stereocenters. The first-order valence-electron chi connectivity index (χ1n) is 7.11. The number of hydrogen-bond acceptors (Lipinski definition) is 5. The Hall–Kier alpha value is -2.04. The number of aromatic amines is 1. The first-order valence-corrected chi connectivity index (χ1v) is 7.93. The fraction of sp³-hybridized carbons (Fsp3) is 0.333. The third kappa shape index (κ3) is 4.74. The molecule has 0 saturated heterocycles. The molecule has 136 valence electrons. The number of rotatable bonds is 6. The number of nitrogens with one attached hydrogen (secondary N) is 1. The number of alkyl halides is 3. The number of halogens is 3. The molecule has 0 bridgehead atoms. The van der Waals surface area contributed by atoms with Crippen molar-refractivity contribution in [2.75, 3.05) is 13.2 Å². The van der Waals surface area contributed by atoms with Crippen LogP contribution in [0.3, 0.4) is 0 Å². The van der Waals surface area contributed by atoms with E-state index in [1.54, 1.807) is 0 Å². The Morgan fingerprint density at radius 2 is 2.04 bits per heavy atom. The van der Waals surface area contributed by atoms with Gasteiger partial charge in [0.05, 0.1) is 23.8 Å². The van der Waals surface area contributed by atoms with Gasteiger partial charge in [0.25, 0.3) is 5.56 Å². The van der Waals surface area contributed by atoms with Crippen LogP contribution in [0.2, 0.25) is 0 Å². The summed E-state index contributed by atoms with van der Waals surface area (Å²) in [6, 6.07) is 4.57. The van der Waals surface area contributed by atoms with E-state index in [1.807, 2.05) is 0 Å². The molecule has 1 heterocycles. The summed E-state index contributed by atoms with van der Waals surface area (Å²) in [6.07, 6.45) is -4.50. The molecular weight excluding hydrogens is 361 g/mol. The molecule has 1 aromatic carbocycles. The molecular formula is C15H15F3N2O4S. The summed E-state index contributed by atoms with van der Waals surface area (Å²) in [6.45, 7) is 0.917. The van der Waals surface area contributed by atoms with Crippen LogP contribution in [-0.2, 0) is 17.6 Å². The normalized spacial score (nSPS) is 11.7. The number of nitrogens with zero attached hydrogens (tertiary/aromatic N) is 1. The fourth-order valence-electron chi connectivity index (χ4n) is 1.97. The van der Waals surface area contributed by atoms with Crippen LogP contribution in [0.4, 0.5) is 13.2 Å². The maximum absolute atomic E-state index is 12.8. The van der Waals surface area contributed by atoms with Crippen LogP contribution in [0.25, 0.3) is 0 Å². The molecule has 0 saturated carbocycles. The monoisotopic (exact) mass is 376 g/mol. The molecule has 2 N–H and O–H groups in total. The van der Waals surface area contributed by atoms with E-state index in [-0.39, 0.29) is 35.4 Å². The van der Waals surface area contributed by atoms with Gasteiger partial charge in [-0.1, -0.05) is 17.8 Å². The molecule has 0 amide bonds. The molecule has 0 aliphatic carbocycles. The fourth-order valence-corrected chi connectivity index (χ4v) is 3.01. The molecule has 0 atom stereocenters. The lowest BCUT2D eigenvalue weighted by Gasteiger charge is -2.15. The maximum Gasteiger partial charge on any atom is 0.416 e. The van der Waals surface area contributed by atoms with Crippen molar-refractivity contribution in [1.29, 1.82) is 0 Å². The van der Waals surface area contributed by atoms with E-state index in [0.29, 0.717) is 0 Å². The van der Waals surface area contributed by atoms with Gasteiger partial charge in [-0.3, -0.25) is 14.3 Å². The van der Waals surface area contributed by atoms with Crippen molar-refractivity contribution in [3.63, 3.8) is 0 Å². The Bertz CT molecular complexity index is 861. The Kier molecular flexibility index (Phi) is 6.09. The van der Waals surface area contributed by atoms with Gasteiger partial charge in [0.15, 0.2) is 0 Å². The number of aromatic nitrogens is 2. The lowest BCUT2D eigenvalue weighted by molar-refractivity contribution is -0.137. The number of aliphatic hydroxyl groups excluding tert-OH is 1. The van der Waals surface area contributed by atoms with Crippen LogP contribution in [0.15, 0.2) is 43.8 Å². The van der Waals surface area contributed by atoms with Gasteiger partial charge < -0.3 is 9.84 Å². The topological polar surface area (TPSA) is 84.3 Å². The van der Waals surface area contributed by atoms with E-state index in [1.165, 1.54) is 19.1 Å². The highest BCUT2D eigenvalue weighted by atomic mass is 32.2. The molecule has 0 fully saturated rings. The number of H-pyrrole nitrogens is 1. The van der Waals surface area contributed by atoms with Crippen molar-refractivity contribution in [2.45, 2.75) is 29.8 Å². The summed E-state index contributed by atoms with van der Waals surface area (Å²) in [4.78, 5) is 26.1. The van der Waals surface area contributed by atoms with Gasteiger partial charge in [0, 0.05) is 10.5 Å². The minimum atomic E-state index is -4.50. The van der Waals surface area contributed by atoms with Crippen LogP contribution in [-0.4, -0.2) is 27.9 Å². The molecule has 0 aliphatic rings. The molecule has 2 aromatic rings. The highest BCUT2D eigenvalue weighted by molar-refractivity contribution is 7.99. The van der Waals surface area contributed by atoms with Crippen LogP contribution < -0.4 is 11.2 Å². The van der Waals surface area contributed by atoms with Gasteiger partial charge in [-0.25, -0.2) is 4.79 Å². The zero-order chi connectivity index (χ0) is 18.6. The number of ether oxygens (including phenoxy) is 1. The lowest BCUT2D eigenvalue weighted by atomic mass is 10.2. The standard InChI is InChI=1S/C15H15F3N2O4S/c1-9-12(22)19-14(23)20(8-24-6-5-21)13(9)25-11-4-2-3-10(7-11)15(16,17)18/h2-4,7,21H,5-6,8H2,1H3,(H,19,22,23). The summed E-state index contributed by atoms with van der Waals surface area (Å²) >= 11 is 0.858. The van der Waals surface area contributed by atoms with E-state index in [2.05, 4.69) is 4.98 Å². The first kappa shape index (κ1) is 19.3. The number of hydrogen-bond donors (Lipinski definition) is 2. The summed E-state index contributed by atoms with van der Waals surface area (Å²) in [5.41, 5.74) is -2.03. The van der Waals surface area contributed by atoms with Crippen molar-refractivity contribution >= 4 is 11.8 Å². The van der Waals surface area contributed by atoms with E-state index in [0.717, 1.165) is 28.5 Å². The van der Waals surface area contributed by atoms with Crippen LogP contribution >= 0.6 is 11.8 Å². The van der Waals surface area contributed by atoms with E-state index >= 15 is 0 Å². The Balaban J connectivity index is 2.44. The minimum Gasteiger partial charge on any atom is -0.394 e. The molecule has 6 nitrogen and oxygen atoms in total. The second-order valence-electron chi connectivity index (χ2n) is 5.01. The van der Waals surface area contributed by atoms with E-state index in [9.17, 15) is 22.8 Å². The zero-order valence-corrected chi connectivity index (χ0v) is 13.9. The molecule has 0 radical (unpaired) electrons. The van der Waals surface area contributed by atoms with Crippen molar-refractivity contribution in [1.82, 2.24) is 9.55 Å². The molecule has 10 heteroatoms. The Labute approximate surface area is 144 Å². The smallest absolute Gasteiger partial charge is 0.394 e. The van der Waals surface area contributed by atoms with Crippen molar-refractivity contribution in [3.8, 4) is 0 Å². The lowest BCUT2D eigenvalue weighted by Crippen LogP contribution is -2.33. The van der Waals surface area contributed by atoms with Gasteiger partial charge in [0.1, 0.15) is 6.73 Å². The number of aliphatic hydroxyl groups is 1. The Morgan fingerprint density at radius 1 is 1.32 bits per heavy atom. The second kappa shape index (κ2) is 7.89. The van der Waals surface area contributed by atoms with Gasteiger partial charge in [-0.05, 0) is 25.1 Å². The predicted molar refractivity (Wildman–Crippen MR) is 84.7 cm³/mol. The molecule has 1 aromatic heterocycles. The third-order valence-corrected chi connectivity index (χ3v) is 4.41. The summed E-state index contributed by atoms with van der Waals surface area (Å²) in [5.74, 6) is 0.